The van der Waals surface area contributed by atoms with Crippen molar-refractivity contribution in [3.63, 3.8) is 0 Å². The Bertz CT molecular complexity index is 821. The molecule has 0 fully saturated rings. The summed E-state index contributed by atoms with van der Waals surface area (Å²) in [7, 11) is 0. The van der Waals surface area contributed by atoms with E-state index in [0.717, 1.165) is 10.9 Å². The van der Waals surface area contributed by atoms with E-state index in [0.29, 0.717) is 23.9 Å². The van der Waals surface area contributed by atoms with Gasteiger partial charge in [-0.2, -0.15) is 0 Å². The summed E-state index contributed by atoms with van der Waals surface area (Å²) in [5, 5.41) is 3.78. The quantitative estimate of drug-likeness (QED) is 0.730. The van der Waals surface area contributed by atoms with Gasteiger partial charge in [-0.05, 0) is 19.1 Å². The minimum absolute atomic E-state index is 0.0447. The number of nitrogens with one attached hydrogen (secondary N) is 1. The second kappa shape index (κ2) is 6.83. The van der Waals surface area contributed by atoms with Gasteiger partial charge < -0.3 is 10.1 Å². The number of benzene rings is 1. The molecule has 2 aromatic heterocycles. The summed E-state index contributed by atoms with van der Waals surface area (Å²) in [6.45, 7) is 2.17. The van der Waals surface area contributed by atoms with Crippen molar-refractivity contribution in [2.45, 2.75) is 6.92 Å². The monoisotopic (exact) mass is 308 g/mol. The van der Waals surface area contributed by atoms with Crippen LogP contribution < -0.4 is 5.32 Å². The van der Waals surface area contributed by atoms with E-state index in [1.165, 1.54) is 0 Å². The molecule has 23 heavy (non-hydrogen) atoms. The van der Waals surface area contributed by atoms with Gasteiger partial charge in [-0.1, -0.05) is 30.3 Å². The standard InChI is InChI=1S/C17H16N4O2/c1-2-23-14(22)11-19-17-13-9-6-10-18-16(13)20-15(21-17)12-7-4-3-5-8-12/h3-10H,2,11H2,1H3,(H,18,19,20,21). The van der Waals surface area contributed by atoms with Crippen molar-refractivity contribution in [1.82, 2.24) is 15.0 Å². The topological polar surface area (TPSA) is 77.0 Å². The maximum Gasteiger partial charge on any atom is 0.325 e. The molecular weight excluding hydrogens is 292 g/mol. The number of hydrogen-bond acceptors (Lipinski definition) is 6. The van der Waals surface area contributed by atoms with Crippen molar-refractivity contribution in [1.29, 1.82) is 0 Å². The van der Waals surface area contributed by atoms with Crippen LogP contribution >= 0.6 is 0 Å². The number of rotatable bonds is 5. The largest absolute Gasteiger partial charge is 0.465 e. The van der Waals surface area contributed by atoms with Crippen LogP contribution in [0.5, 0.6) is 0 Å². The van der Waals surface area contributed by atoms with Gasteiger partial charge in [0.15, 0.2) is 11.5 Å². The summed E-state index contributed by atoms with van der Waals surface area (Å²) in [6.07, 6.45) is 1.68. The summed E-state index contributed by atoms with van der Waals surface area (Å²) in [4.78, 5) is 24.9. The number of anilines is 1. The first-order valence-electron chi connectivity index (χ1n) is 7.35. The number of hydrogen-bond donors (Lipinski definition) is 1. The Hall–Kier alpha value is -3.02. The molecule has 0 spiro atoms. The lowest BCUT2D eigenvalue weighted by atomic mass is 10.2. The summed E-state index contributed by atoms with van der Waals surface area (Å²) in [5.74, 6) is 0.794. The Morgan fingerprint density at radius 2 is 1.96 bits per heavy atom. The van der Waals surface area contributed by atoms with E-state index in [1.807, 2.05) is 42.5 Å². The van der Waals surface area contributed by atoms with Crippen molar-refractivity contribution in [3.05, 3.63) is 48.7 Å². The second-order valence-electron chi connectivity index (χ2n) is 4.79. The van der Waals surface area contributed by atoms with E-state index < -0.39 is 0 Å². The van der Waals surface area contributed by atoms with E-state index in [1.54, 1.807) is 13.1 Å². The van der Waals surface area contributed by atoms with Gasteiger partial charge in [0.25, 0.3) is 0 Å². The average molecular weight is 308 g/mol. The molecule has 3 rings (SSSR count). The van der Waals surface area contributed by atoms with E-state index >= 15 is 0 Å². The van der Waals surface area contributed by atoms with Crippen molar-refractivity contribution in [2.24, 2.45) is 0 Å². The van der Waals surface area contributed by atoms with E-state index in [-0.39, 0.29) is 12.5 Å². The fraction of sp³-hybridized carbons (Fsp3) is 0.176. The molecule has 1 N–H and O–H groups in total. The minimum Gasteiger partial charge on any atom is -0.465 e. The number of nitrogens with zero attached hydrogens (tertiary/aromatic N) is 3. The molecule has 0 saturated heterocycles. The molecule has 2 heterocycles. The van der Waals surface area contributed by atoms with Gasteiger partial charge in [-0.3, -0.25) is 4.79 Å². The van der Waals surface area contributed by atoms with E-state index in [2.05, 4.69) is 20.3 Å². The third kappa shape index (κ3) is 3.42. The molecule has 0 amide bonds. The third-order valence-corrected chi connectivity index (χ3v) is 3.21. The maximum absolute atomic E-state index is 11.6. The van der Waals surface area contributed by atoms with E-state index in [4.69, 9.17) is 4.74 Å². The Labute approximate surface area is 133 Å². The van der Waals surface area contributed by atoms with Crippen LogP contribution in [0.4, 0.5) is 5.82 Å². The summed E-state index contributed by atoms with van der Waals surface area (Å²) in [5.41, 5.74) is 1.46. The highest BCUT2D eigenvalue weighted by atomic mass is 16.5. The lowest BCUT2D eigenvalue weighted by molar-refractivity contribution is -0.140. The fourth-order valence-corrected chi connectivity index (χ4v) is 2.18. The molecule has 0 radical (unpaired) electrons. The van der Waals surface area contributed by atoms with Crippen LogP contribution in [0.3, 0.4) is 0 Å². The molecule has 0 aliphatic rings. The lowest BCUT2D eigenvalue weighted by Gasteiger charge is -2.10. The van der Waals surface area contributed by atoms with Crippen LogP contribution in [0.25, 0.3) is 22.4 Å². The normalized spacial score (nSPS) is 10.5. The summed E-state index contributed by atoms with van der Waals surface area (Å²) < 4.78 is 4.93. The van der Waals surface area contributed by atoms with Crippen LogP contribution in [-0.4, -0.2) is 34.1 Å². The molecule has 0 aliphatic carbocycles. The molecule has 3 aromatic rings. The molecule has 0 atom stereocenters. The number of pyridine rings is 1. The van der Waals surface area contributed by atoms with Gasteiger partial charge in [-0.25, -0.2) is 15.0 Å². The van der Waals surface area contributed by atoms with Crippen LogP contribution in [-0.2, 0) is 9.53 Å². The summed E-state index contributed by atoms with van der Waals surface area (Å²) in [6, 6.07) is 13.3. The zero-order chi connectivity index (χ0) is 16.1. The van der Waals surface area contributed by atoms with Crippen molar-refractivity contribution < 1.29 is 9.53 Å². The fourth-order valence-electron chi connectivity index (χ4n) is 2.18. The first kappa shape index (κ1) is 14.9. The lowest BCUT2D eigenvalue weighted by Crippen LogP contribution is -2.17. The molecule has 0 saturated carbocycles. The molecule has 0 unspecified atom stereocenters. The number of carbonyl (C=O) groups is 1. The number of fused-ring (bicyclic) bond motifs is 1. The molecule has 6 nitrogen and oxygen atoms in total. The maximum atomic E-state index is 11.6. The average Bonchev–Trinajstić information content (AvgIpc) is 2.60. The number of ether oxygens (including phenoxy) is 1. The minimum atomic E-state index is -0.329. The smallest absolute Gasteiger partial charge is 0.325 e. The number of carbonyl (C=O) groups excluding carboxylic acids is 1. The Kier molecular flexibility index (Phi) is 4.42. The molecule has 0 bridgehead atoms. The highest BCUT2D eigenvalue weighted by Gasteiger charge is 2.11. The molecule has 0 aliphatic heterocycles. The van der Waals surface area contributed by atoms with Gasteiger partial charge in [0.1, 0.15) is 12.4 Å². The second-order valence-corrected chi connectivity index (χ2v) is 4.79. The highest BCUT2D eigenvalue weighted by Crippen LogP contribution is 2.23. The SMILES string of the molecule is CCOC(=O)CNc1nc(-c2ccccc2)nc2ncccc12. The van der Waals surface area contributed by atoms with Gasteiger partial charge in [0.05, 0.1) is 12.0 Å². The van der Waals surface area contributed by atoms with Crippen LogP contribution in [0.2, 0.25) is 0 Å². The van der Waals surface area contributed by atoms with Crippen LogP contribution in [0, 0.1) is 0 Å². The third-order valence-electron chi connectivity index (χ3n) is 3.21. The predicted molar refractivity (Wildman–Crippen MR) is 87.9 cm³/mol. The Morgan fingerprint density at radius 1 is 1.13 bits per heavy atom. The zero-order valence-electron chi connectivity index (χ0n) is 12.7. The first-order valence-corrected chi connectivity index (χ1v) is 7.35. The van der Waals surface area contributed by atoms with Gasteiger partial charge in [-0.15, -0.1) is 0 Å². The van der Waals surface area contributed by atoms with Gasteiger partial charge >= 0.3 is 5.97 Å². The summed E-state index contributed by atoms with van der Waals surface area (Å²) >= 11 is 0. The molecular formula is C17H16N4O2. The predicted octanol–water partition coefficient (Wildman–Crippen LogP) is 2.67. The highest BCUT2D eigenvalue weighted by molar-refractivity contribution is 5.89. The molecule has 6 heteroatoms. The number of esters is 1. The number of aromatic nitrogens is 3. The van der Waals surface area contributed by atoms with Gasteiger partial charge in [0.2, 0.25) is 0 Å². The van der Waals surface area contributed by atoms with Crippen molar-refractivity contribution in [2.75, 3.05) is 18.5 Å². The van der Waals surface area contributed by atoms with Crippen LogP contribution in [0.15, 0.2) is 48.7 Å². The Morgan fingerprint density at radius 3 is 2.74 bits per heavy atom. The zero-order valence-corrected chi connectivity index (χ0v) is 12.7. The van der Waals surface area contributed by atoms with E-state index in [9.17, 15) is 4.79 Å². The molecule has 1 aromatic carbocycles. The molecule has 116 valence electrons. The van der Waals surface area contributed by atoms with Crippen LogP contribution in [0.1, 0.15) is 6.92 Å². The van der Waals surface area contributed by atoms with Crippen molar-refractivity contribution in [3.8, 4) is 11.4 Å². The van der Waals surface area contributed by atoms with Crippen molar-refractivity contribution >= 4 is 22.8 Å². The first-order chi connectivity index (χ1) is 11.3. The van der Waals surface area contributed by atoms with Gasteiger partial charge in [0, 0.05) is 11.8 Å². The Balaban J connectivity index is 1.99.